The first-order valence-corrected chi connectivity index (χ1v) is 7.70. The normalized spacial score (nSPS) is 19.0. The van der Waals surface area contributed by atoms with Crippen molar-refractivity contribution >= 4 is 9.84 Å². The van der Waals surface area contributed by atoms with E-state index in [4.69, 9.17) is 0 Å². The molecule has 1 unspecified atom stereocenters. The van der Waals surface area contributed by atoms with Crippen molar-refractivity contribution < 1.29 is 13.5 Å². The topological polar surface area (TPSA) is 69.6 Å². The molecule has 0 saturated heterocycles. The van der Waals surface area contributed by atoms with Crippen LogP contribution in [0.2, 0.25) is 0 Å². The van der Waals surface area contributed by atoms with E-state index in [-0.39, 0.29) is 5.75 Å². The van der Waals surface area contributed by atoms with Gasteiger partial charge in [-0.25, -0.2) is 8.42 Å². The van der Waals surface area contributed by atoms with Gasteiger partial charge < -0.3 is 15.3 Å². The molecule has 1 rings (SSSR count). The van der Waals surface area contributed by atoms with Gasteiger partial charge in [0.1, 0.15) is 9.84 Å². The van der Waals surface area contributed by atoms with Crippen molar-refractivity contribution in [3.63, 3.8) is 0 Å². The average molecular weight is 250 g/mol. The first kappa shape index (κ1) is 13.9. The molecule has 1 atom stereocenters. The lowest BCUT2D eigenvalue weighted by atomic mass is 10.3. The van der Waals surface area contributed by atoms with Gasteiger partial charge in [0.05, 0.1) is 11.9 Å². The summed E-state index contributed by atoms with van der Waals surface area (Å²) in [6.45, 7) is 1.57. The number of aliphatic hydroxyl groups excluding tert-OH is 1. The first-order valence-electron chi connectivity index (χ1n) is 5.64. The van der Waals surface area contributed by atoms with Gasteiger partial charge in [0.15, 0.2) is 0 Å². The van der Waals surface area contributed by atoms with E-state index in [0.29, 0.717) is 25.7 Å². The fourth-order valence-electron chi connectivity index (χ4n) is 1.43. The minimum atomic E-state index is -2.91. The van der Waals surface area contributed by atoms with Crippen molar-refractivity contribution in [2.24, 2.45) is 0 Å². The third kappa shape index (κ3) is 7.16. The number of nitrogens with zero attached hydrogens (tertiary/aromatic N) is 1. The molecule has 1 fully saturated rings. The van der Waals surface area contributed by atoms with Crippen molar-refractivity contribution in [1.82, 2.24) is 10.2 Å². The third-order valence-corrected chi connectivity index (χ3v) is 3.51. The maximum absolute atomic E-state index is 10.9. The van der Waals surface area contributed by atoms with Crippen molar-refractivity contribution in [1.29, 1.82) is 0 Å². The molecule has 0 aromatic carbocycles. The molecule has 1 saturated carbocycles. The van der Waals surface area contributed by atoms with Gasteiger partial charge in [0, 0.05) is 31.9 Å². The highest BCUT2D eigenvalue weighted by molar-refractivity contribution is 7.90. The van der Waals surface area contributed by atoms with Crippen LogP contribution in [0, 0.1) is 0 Å². The molecule has 0 aromatic rings. The maximum atomic E-state index is 10.9. The van der Waals surface area contributed by atoms with Gasteiger partial charge >= 0.3 is 0 Å². The molecule has 1 aliphatic carbocycles. The molecule has 96 valence electrons. The van der Waals surface area contributed by atoms with Crippen LogP contribution in [0.15, 0.2) is 0 Å². The van der Waals surface area contributed by atoms with E-state index in [9.17, 15) is 13.5 Å². The summed E-state index contributed by atoms with van der Waals surface area (Å²) >= 11 is 0. The van der Waals surface area contributed by atoms with Crippen molar-refractivity contribution in [2.45, 2.75) is 25.0 Å². The third-order valence-electron chi connectivity index (χ3n) is 2.59. The van der Waals surface area contributed by atoms with Crippen LogP contribution >= 0.6 is 0 Å². The molecule has 16 heavy (non-hydrogen) atoms. The van der Waals surface area contributed by atoms with Crippen LogP contribution in [0.25, 0.3) is 0 Å². The van der Waals surface area contributed by atoms with Gasteiger partial charge in [0.25, 0.3) is 0 Å². The second-order valence-corrected chi connectivity index (χ2v) is 6.99. The van der Waals surface area contributed by atoms with Gasteiger partial charge in [-0.05, 0) is 19.9 Å². The Morgan fingerprint density at radius 3 is 2.62 bits per heavy atom. The lowest BCUT2D eigenvalue weighted by Crippen LogP contribution is -2.38. The number of nitrogens with one attached hydrogen (secondary N) is 1. The molecule has 5 nitrogen and oxygen atoms in total. The predicted octanol–water partition coefficient (Wildman–Crippen LogP) is -0.924. The van der Waals surface area contributed by atoms with Crippen LogP contribution < -0.4 is 5.32 Å². The molecule has 2 N–H and O–H groups in total. The van der Waals surface area contributed by atoms with Gasteiger partial charge in [0.2, 0.25) is 0 Å². The summed E-state index contributed by atoms with van der Waals surface area (Å²) in [7, 11) is -1.08. The summed E-state index contributed by atoms with van der Waals surface area (Å²) in [6.07, 6.45) is 3.21. The van der Waals surface area contributed by atoms with E-state index in [0.717, 1.165) is 0 Å². The number of hydrogen-bond acceptors (Lipinski definition) is 5. The van der Waals surface area contributed by atoms with E-state index in [2.05, 4.69) is 5.32 Å². The summed E-state index contributed by atoms with van der Waals surface area (Å²) in [5.41, 5.74) is 0. The Kier molecular flexibility index (Phi) is 5.17. The highest BCUT2D eigenvalue weighted by Crippen LogP contribution is 2.18. The first-order chi connectivity index (χ1) is 7.37. The summed E-state index contributed by atoms with van der Waals surface area (Å²) < 4.78 is 21.9. The number of rotatable bonds is 8. The van der Waals surface area contributed by atoms with E-state index < -0.39 is 15.9 Å². The zero-order valence-electron chi connectivity index (χ0n) is 10.0. The molecule has 1 aliphatic rings. The zero-order valence-corrected chi connectivity index (χ0v) is 10.8. The molecule has 0 aromatic heterocycles. The van der Waals surface area contributed by atoms with Crippen LogP contribution in [-0.4, -0.2) is 69.3 Å². The van der Waals surface area contributed by atoms with E-state index in [1.54, 1.807) is 0 Å². The maximum Gasteiger partial charge on any atom is 0.148 e. The van der Waals surface area contributed by atoms with E-state index >= 15 is 0 Å². The van der Waals surface area contributed by atoms with E-state index in [1.807, 2.05) is 11.9 Å². The highest BCUT2D eigenvalue weighted by Gasteiger charge is 2.21. The fraction of sp³-hybridized carbons (Fsp3) is 1.00. The Bertz CT molecular complexity index is 301. The largest absolute Gasteiger partial charge is 0.390 e. The van der Waals surface area contributed by atoms with Crippen LogP contribution in [0.5, 0.6) is 0 Å². The van der Waals surface area contributed by atoms with Crippen molar-refractivity contribution in [2.75, 3.05) is 38.7 Å². The van der Waals surface area contributed by atoms with Gasteiger partial charge in [-0.3, -0.25) is 0 Å². The second-order valence-electron chi connectivity index (χ2n) is 4.73. The monoisotopic (exact) mass is 250 g/mol. The highest BCUT2D eigenvalue weighted by atomic mass is 32.2. The van der Waals surface area contributed by atoms with Gasteiger partial charge in [-0.2, -0.15) is 0 Å². The lowest BCUT2D eigenvalue weighted by Gasteiger charge is -2.20. The molecule has 0 bridgehead atoms. The number of sulfone groups is 1. The Morgan fingerprint density at radius 2 is 2.12 bits per heavy atom. The summed E-state index contributed by atoms with van der Waals surface area (Å²) in [5, 5.41) is 12.9. The lowest BCUT2D eigenvalue weighted by molar-refractivity contribution is 0.126. The van der Waals surface area contributed by atoms with Crippen molar-refractivity contribution in [3.8, 4) is 0 Å². The standard InChI is InChI=1S/C10H22N2O3S/c1-12(5-6-16(2,14)15)8-10(13)7-11-9-3-4-9/h9-11,13H,3-8H2,1-2H3. The SMILES string of the molecule is CN(CCS(C)(=O)=O)CC(O)CNC1CC1. The molecule has 6 heteroatoms. The quantitative estimate of drug-likeness (QED) is 0.583. The van der Waals surface area contributed by atoms with Crippen LogP contribution in [0.3, 0.4) is 0 Å². The average Bonchev–Trinajstić information content (AvgIpc) is 2.94. The number of likely N-dealkylation sites (N-methyl/N-ethyl adjacent to an activating group) is 1. The number of hydrogen-bond donors (Lipinski definition) is 2. The predicted molar refractivity (Wildman–Crippen MR) is 64.2 cm³/mol. The van der Waals surface area contributed by atoms with E-state index in [1.165, 1.54) is 19.1 Å². The second kappa shape index (κ2) is 5.95. The van der Waals surface area contributed by atoms with Crippen molar-refractivity contribution in [3.05, 3.63) is 0 Å². The fourth-order valence-corrected chi connectivity index (χ4v) is 2.07. The summed E-state index contributed by atoms with van der Waals surface area (Å²) in [4.78, 5) is 1.85. The molecular formula is C10H22N2O3S. The Labute approximate surface area is 97.7 Å². The molecule has 0 heterocycles. The summed E-state index contributed by atoms with van der Waals surface area (Å²) in [6, 6.07) is 0.593. The van der Waals surface area contributed by atoms with Crippen LogP contribution in [0.4, 0.5) is 0 Å². The zero-order chi connectivity index (χ0) is 12.2. The Morgan fingerprint density at radius 1 is 1.50 bits per heavy atom. The van der Waals surface area contributed by atoms with Gasteiger partial charge in [-0.1, -0.05) is 0 Å². The van der Waals surface area contributed by atoms with Crippen LogP contribution in [0.1, 0.15) is 12.8 Å². The molecule has 0 aliphatic heterocycles. The Balaban J connectivity index is 2.09. The molecule has 0 radical (unpaired) electrons. The Hall–Kier alpha value is -0.170. The van der Waals surface area contributed by atoms with Crippen LogP contribution in [-0.2, 0) is 9.84 Å². The number of aliphatic hydroxyl groups is 1. The molecule has 0 spiro atoms. The minimum absolute atomic E-state index is 0.145. The minimum Gasteiger partial charge on any atom is -0.390 e. The molecular weight excluding hydrogens is 228 g/mol. The smallest absolute Gasteiger partial charge is 0.148 e. The van der Waals surface area contributed by atoms with Gasteiger partial charge in [-0.15, -0.1) is 0 Å². The molecule has 0 amide bonds. The summed E-state index contributed by atoms with van der Waals surface area (Å²) in [5.74, 6) is 0.145.